The van der Waals surface area contributed by atoms with Gasteiger partial charge in [-0.2, -0.15) is 8.62 Å². The SMILES string of the molecule is Nc1ncnc2c1ncn2C1COC(COP(=O)(O)OP(=O)(O)OP(=O)(O)O)O1. The molecule has 0 saturated carbocycles. The van der Waals surface area contributed by atoms with Crippen molar-refractivity contribution >= 4 is 40.4 Å². The van der Waals surface area contributed by atoms with Crippen molar-refractivity contribution in [3.63, 3.8) is 0 Å². The number of imidazole rings is 1. The minimum absolute atomic E-state index is 0.0419. The molecule has 3 rings (SSSR count). The van der Waals surface area contributed by atoms with Crippen LogP contribution in [-0.2, 0) is 36.3 Å². The Bertz CT molecular complexity index is 1040. The average molecular weight is 477 g/mol. The zero-order chi connectivity index (χ0) is 21.4. The Morgan fingerprint density at radius 3 is 2.55 bits per heavy atom. The summed E-state index contributed by atoms with van der Waals surface area (Å²) in [5.74, 6) is 0.150. The molecule has 17 nitrogen and oxygen atoms in total. The van der Waals surface area contributed by atoms with Gasteiger partial charge >= 0.3 is 23.5 Å². The lowest BCUT2D eigenvalue weighted by Crippen LogP contribution is -2.17. The number of nitrogen functional groups attached to an aromatic ring is 1. The fourth-order valence-corrected chi connectivity index (χ4v) is 5.22. The van der Waals surface area contributed by atoms with Crippen molar-refractivity contribution in [2.45, 2.75) is 12.5 Å². The van der Waals surface area contributed by atoms with Gasteiger partial charge in [0.2, 0.25) is 0 Å². The molecule has 0 aromatic carbocycles. The number of nitrogens with two attached hydrogens (primary N) is 1. The van der Waals surface area contributed by atoms with E-state index in [0.29, 0.717) is 11.2 Å². The Balaban J connectivity index is 1.58. The minimum atomic E-state index is -5.60. The van der Waals surface area contributed by atoms with Gasteiger partial charge in [0.05, 0.1) is 12.9 Å². The van der Waals surface area contributed by atoms with Crippen LogP contribution in [0.3, 0.4) is 0 Å². The van der Waals surface area contributed by atoms with E-state index in [1.165, 1.54) is 17.2 Å². The van der Waals surface area contributed by atoms with Gasteiger partial charge in [-0.3, -0.25) is 9.09 Å². The number of phosphoric ester groups is 1. The number of aromatic nitrogens is 4. The third kappa shape index (κ3) is 5.86. The lowest BCUT2D eigenvalue weighted by Gasteiger charge is -2.17. The zero-order valence-corrected chi connectivity index (χ0v) is 16.7. The van der Waals surface area contributed by atoms with Gasteiger partial charge in [-0.1, -0.05) is 0 Å². The molecule has 2 aromatic rings. The predicted octanol–water partition coefficient (Wildman–Crippen LogP) is -0.377. The van der Waals surface area contributed by atoms with E-state index in [2.05, 4.69) is 28.1 Å². The first-order chi connectivity index (χ1) is 13.4. The first-order valence-electron chi connectivity index (χ1n) is 7.34. The molecule has 1 saturated heterocycles. The van der Waals surface area contributed by atoms with E-state index in [0.717, 1.165) is 0 Å². The summed E-state index contributed by atoms with van der Waals surface area (Å²) in [6.07, 6.45) is 0.623. The normalized spacial score (nSPS) is 24.4. The molecule has 29 heavy (non-hydrogen) atoms. The third-order valence-corrected chi connectivity index (χ3v) is 7.02. The molecule has 4 atom stereocenters. The summed E-state index contributed by atoms with van der Waals surface area (Å²) in [6, 6.07) is 0. The van der Waals surface area contributed by atoms with E-state index in [-0.39, 0.29) is 12.4 Å². The topological polar surface area (TPSA) is 248 Å². The molecule has 1 fully saturated rings. The molecule has 0 bridgehead atoms. The van der Waals surface area contributed by atoms with Gasteiger partial charge in [-0.05, 0) is 0 Å². The van der Waals surface area contributed by atoms with Crippen LogP contribution in [0.4, 0.5) is 5.82 Å². The fraction of sp³-hybridized carbons (Fsp3) is 0.444. The number of ether oxygens (including phenoxy) is 2. The lowest BCUT2D eigenvalue weighted by molar-refractivity contribution is -0.0961. The molecule has 6 N–H and O–H groups in total. The molecule has 1 aliphatic rings. The van der Waals surface area contributed by atoms with Gasteiger partial charge in [0.25, 0.3) is 0 Å². The molecule has 0 amide bonds. The number of anilines is 1. The molecular formula is C9H14N5O12P3. The third-order valence-electron chi connectivity index (χ3n) is 3.22. The van der Waals surface area contributed by atoms with Gasteiger partial charge in [-0.25, -0.2) is 28.6 Å². The van der Waals surface area contributed by atoms with Crippen LogP contribution in [0.1, 0.15) is 6.23 Å². The second-order valence-electron chi connectivity index (χ2n) is 5.32. The zero-order valence-electron chi connectivity index (χ0n) is 14.0. The number of phosphoric acid groups is 3. The van der Waals surface area contributed by atoms with E-state index in [9.17, 15) is 18.6 Å². The highest BCUT2D eigenvalue weighted by Crippen LogP contribution is 2.66. The number of nitrogens with zero attached hydrogens (tertiary/aromatic N) is 4. The van der Waals surface area contributed by atoms with E-state index >= 15 is 0 Å². The Kier molecular flexibility index (Phi) is 6.23. The van der Waals surface area contributed by atoms with E-state index in [4.69, 9.17) is 29.9 Å². The summed E-state index contributed by atoms with van der Waals surface area (Å²) < 4.78 is 57.3. The molecule has 2 aromatic heterocycles. The van der Waals surface area contributed by atoms with Crippen LogP contribution in [0.5, 0.6) is 0 Å². The number of hydrogen-bond acceptors (Lipinski definition) is 12. The molecule has 3 heterocycles. The lowest BCUT2D eigenvalue weighted by atomic mass is 10.5. The molecular weight excluding hydrogens is 463 g/mol. The second-order valence-corrected chi connectivity index (χ2v) is 9.74. The quantitative estimate of drug-likeness (QED) is 0.304. The van der Waals surface area contributed by atoms with Gasteiger partial charge < -0.3 is 34.8 Å². The largest absolute Gasteiger partial charge is 0.490 e. The molecule has 0 radical (unpaired) electrons. The van der Waals surface area contributed by atoms with Crippen molar-refractivity contribution in [1.82, 2.24) is 19.5 Å². The molecule has 0 aliphatic carbocycles. The first kappa shape index (κ1) is 22.4. The Morgan fingerprint density at radius 1 is 1.14 bits per heavy atom. The summed E-state index contributed by atoms with van der Waals surface area (Å²) in [5, 5.41) is 0. The summed E-state index contributed by atoms with van der Waals surface area (Å²) in [4.78, 5) is 47.3. The predicted molar refractivity (Wildman–Crippen MR) is 89.4 cm³/mol. The highest BCUT2D eigenvalue weighted by molar-refractivity contribution is 7.66. The van der Waals surface area contributed by atoms with E-state index < -0.39 is 42.6 Å². The van der Waals surface area contributed by atoms with Crippen molar-refractivity contribution in [3.05, 3.63) is 12.7 Å². The van der Waals surface area contributed by atoms with Crippen molar-refractivity contribution in [2.75, 3.05) is 18.9 Å². The molecule has 4 unspecified atom stereocenters. The maximum atomic E-state index is 11.7. The highest BCUT2D eigenvalue weighted by atomic mass is 31.3. The van der Waals surface area contributed by atoms with E-state index in [1.807, 2.05) is 0 Å². The second kappa shape index (κ2) is 8.07. The average Bonchev–Trinajstić information content (AvgIpc) is 3.16. The maximum absolute atomic E-state index is 11.7. The van der Waals surface area contributed by atoms with Gasteiger partial charge in [0.1, 0.15) is 18.5 Å². The Labute approximate surface area is 160 Å². The number of fused-ring (bicyclic) bond motifs is 1. The number of rotatable bonds is 8. The summed E-state index contributed by atoms with van der Waals surface area (Å²) in [6.45, 7) is -0.788. The summed E-state index contributed by atoms with van der Waals surface area (Å²) in [5.41, 5.74) is 6.36. The van der Waals surface area contributed by atoms with E-state index in [1.54, 1.807) is 0 Å². The monoisotopic (exact) mass is 477 g/mol. The van der Waals surface area contributed by atoms with Crippen molar-refractivity contribution in [2.24, 2.45) is 0 Å². The molecule has 1 aliphatic heterocycles. The van der Waals surface area contributed by atoms with Crippen LogP contribution in [-0.4, -0.2) is 58.6 Å². The van der Waals surface area contributed by atoms with Crippen LogP contribution >= 0.6 is 23.5 Å². The first-order valence-corrected chi connectivity index (χ1v) is 11.9. The molecule has 20 heteroatoms. The van der Waals surface area contributed by atoms with Gasteiger partial charge in [-0.15, -0.1) is 0 Å². The van der Waals surface area contributed by atoms with Gasteiger partial charge in [0.15, 0.2) is 24.0 Å². The van der Waals surface area contributed by atoms with Crippen LogP contribution in [0.25, 0.3) is 11.2 Å². The Hall–Kier alpha value is -1.32. The highest BCUT2D eigenvalue weighted by Gasteiger charge is 2.41. The van der Waals surface area contributed by atoms with Crippen molar-refractivity contribution in [3.8, 4) is 0 Å². The molecule has 0 spiro atoms. The van der Waals surface area contributed by atoms with Crippen LogP contribution in [0.15, 0.2) is 12.7 Å². The summed E-state index contributed by atoms with van der Waals surface area (Å²) >= 11 is 0. The van der Waals surface area contributed by atoms with Gasteiger partial charge in [0, 0.05) is 0 Å². The maximum Gasteiger partial charge on any atom is 0.490 e. The standard InChI is InChI=1S/C9H14N5O12P3/c10-8-7-9(12-3-11-8)14(4-13-7)5-1-22-6(24-5)2-23-28(18,19)26-29(20,21)25-27(15,16)17/h3-6H,1-2H2,(H,18,19)(H,20,21)(H2,10,11,12)(H2,15,16,17). The van der Waals surface area contributed by atoms with Crippen molar-refractivity contribution in [1.29, 1.82) is 0 Å². The fourth-order valence-electron chi connectivity index (χ4n) is 2.22. The van der Waals surface area contributed by atoms with Crippen LogP contribution in [0, 0.1) is 0 Å². The smallest absolute Gasteiger partial charge is 0.382 e. The Morgan fingerprint density at radius 2 is 1.86 bits per heavy atom. The summed E-state index contributed by atoms with van der Waals surface area (Å²) in [7, 11) is -16.4. The minimum Gasteiger partial charge on any atom is -0.382 e. The van der Waals surface area contributed by atoms with Crippen LogP contribution < -0.4 is 5.73 Å². The number of hydrogen-bond donors (Lipinski definition) is 5. The van der Waals surface area contributed by atoms with Crippen LogP contribution in [0.2, 0.25) is 0 Å². The van der Waals surface area contributed by atoms with Crippen molar-refractivity contribution < 1.29 is 55.9 Å². The molecule has 162 valence electrons.